The molecule has 0 saturated heterocycles. The molecule has 8 heteroatoms. The van der Waals surface area contributed by atoms with E-state index in [9.17, 15) is 19.5 Å². The van der Waals surface area contributed by atoms with E-state index >= 15 is 0 Å². The van der Waals surface area contributed by atoms with Gasteiger partial charge in [0.15, 0.2) is 0 Å². The molecule has 3 N–H and O–H groups in total. The maximum atomic E-state index is 13.9. The molecular formula is C28H43N3O5. The van der Waals surface area contributed by atoms with Gasteiger partial charge >= 0.3 is 6.09 Å². The van der Waals surface area contributed by atoms with Gasteiger partial charge < -0.3 is 25.4 Å². The average Bonchev–Trinajstić information content (AvgIpc) is 2.82. The van der Waals surface area contributed by atoms with Crippen molar-refractivity contribution >= 4 is 17.9 Å². The minimum Gasteiger partial charge on any atom is -0.444 e. The summed E-state index contributed by atoms with van der Waals surface area (Å²) in [5.74, 6) is 1.62. The summed E-state index contributed by atoms with van der Waals surface area (Å²) in [6.45, 7) is 12.6. The van der Waals surface area contributed by atoms with Crippen molar-refractivity contribution in [3.05, 3.63) is 35.4 Å². The van der Waals surface area contributed by atoms with Crippen LogP contribution in [0.15, 0.2) is 24.3 Å². The lowest BCUT2D eigenvalue weighted by Crippen LogP contribution is -2.60. The van der Waals surface area contributed by atoms with Crippen LogP contribution in [0.25, 0.3) is 0 Å². The molecule has 0 aromatic heterocycles. The van der Waals surface area contributed by atoms with Crippen LogP contribution in [0.2, 0.25) is 0 Å². The predicted octanol–water partition coefficient (Wildman–Crippen LogP) is 3.92. The van der Waals surface area contributed by atoms with Gasteiger partial charge in [-0.15, -0.1) is 6.42 Å². The van der Waals surface area contributed by atoms with Crippen molar-refractivity contribution in [3.8, 4) is 12.3 Å². The van der Waals surface area contributed by atoms with Crippen LogP contribution in [0.5, 0.6) is 0 Å². The van der Waals surface area contributed by atoms with Crippen molar-refractivity contribution in [3.63, 3.8) is 0 Å². The Hall–Kier alpha value is -3.05. The van der Waals surface area contributed by atoms with E-state index in [1.807, 2.05) is 20.8 Å². The number of amides is 3. The number of benzene rings is 1. The second-order valence-electron chi connectivity index (χ2n) is 10.4. The fourth-order valence-electron chi connectivity index (χ4n) is 3.61. The van der Waals surface area contributed by atoms with E-state index in [1.54, 1.807) is 45.0 Å². The zero-order chi connectivity index (χ0) is 27.5. The molecule has 1 aromatic rings. The number of aliphatic hydroxyl groups excluding tert-OH is 1. The number of nitrogens with zero attached hydrogens (tertiary/aromatic N) is 1. The molecule has 0 saturated carbocycles. The molecule has 2 atom stereocenters. The number of carbonyl (C=O) groups is 3. The van der Waals surface area contributed by atoms with E-state index < -0.39 is 41.8 Å². The Bertz CT molecular complexity index is 913. The Labute approximate surface area is 216 Å². The summed E-state index contributed by atoms with van der Waals surface area (Å²) in [7, 11) is 0. The highest BCUT2D eigenvalue weighted by Crippen LogP contribution is 2.32. The Balaban J connectivity index is 3.48. The fraction of sp³-hybridized carbons (Fsp3) is 0.607. The summed E-state index contributed by atoms with van der Waals surface area (Å²) >= 11 is 0. The third kappa shape index (κ3) is 9.19. The van der Waals surface area contributed by atoms with Gasteiger partial charge in [0.05, 0.1) is 6.61 Å². The molecule has 0 spiro atoms. The van der Waals surface area contributed by atoms with Crippen LogP contribution >= 0.6 is 0 Å². The Morgan fingerprint density at radius 3 is 2.17 bits per heavy atom. The smallest absolute Gasteiger partial charge is 0.408 e. The number of hydrogen-bond donors (Lipinski definition) is 3. The summed E-state index contributed by atoms with van der Waals surface area (Å²) in [5, 5.41) is 15.5. The quantitative estimate of drug-likeness (QED) is 0.297. The first kappa shape index (κ1) is 31.0. The van der Waals surface area contributed by atoms with Gasteiger partial charge in [0.2, 0.25) is 11.8 Å². The van der Waals surface area contributed by atoms with E-state index in [2.05, 4.69) is 23.5 Å². The van der Waals surface area contributed by atoms with E-state index in [-0.39, 0.29) is 5.91 Å². The van der Waals surface area contributed by atoms with Gasteiger partial charge in [-0.25, -0.2) is 4.79 Å². The first-order valence-corrected chi connectivity index (χ1v) is 12.6. The molecule has 0 aliphatic carbocycles. The molecule has 0 heterocycles. The van der Waals surface area contributed by atoms with Gasteiger partial charge in [-0.1, -0.05) is 44.7 Å². The molecule has 2 unspecified atom stereocenters. The Morgan fingerprint density at radius 2 is 1.69 bits per heavy atom. The van der Waals surface area contributed by atoms with Crippen LogP contribution < -0.4 is 10.6 Å². The number of aliphatic hydroxyl groups is 1. The maximum Gasteiger partial charge on any atom is 0.408 e. The highest BCUT2D eigenvalue weighted by atomic mass is 16.6. The zero-order valence-electron chi connectivity index (χ0n) is 22.8. The third-order valence-corrected chi connectivity index (χ3v) is 5.91. The molecule has 0 aliphatic rings. The van der Waals surface area contributed by atoms with Gasteiger partial charge in [-0.05, 0) is 65.2 Å². The molecule has 1 aromatic carbocycles. The minimum absolute atomic E-state index is 0.344. The van der Waals surface area contributed by atoms with Crippen LogP contribution in [0, 0.1) is 12.3 Å². The van der Waals surface area contributed by atoms with Crippen LogP contribution in [0.3, 0.4) is 0 Å². The van der Waals surface area contributed by atoms with Gasteiger partial charge in [-0.3, -0.25) is 9.59 Å². The second-order valence-corrected chi connectivity index (χ2v) is 10.4. The predicted molar refractivity (Wildman–Crippen MR) is 141 cm³/mol. The second kappa shape index (κ2) is 13.9. The fourth-order valence-corrected chi connectivity index (χ4v) is 3.61. The van der Waals surface area contributed by atoms with E-state index in [0.717, 1.165) is 19.3 Å². The Kier molecular flexibility index (Phi) is 11.9. The zero-order valence-corrected chi connectivity index (χ0v) is 22.8. The van der Waals surface area contributed by atoms with Crippen LogP contribution in [0.4, 0.5) is 4.79 Å². The van der Waals surface area contributed by atoms with Crippen molar-refractivity contribution < 1.29 is 24.2 Å². The number of unbranched alkanes of at least 4 members (excludes halogenated alkanes) is 2. The molecule has 36 heavy (non-hydrogen) atoms. The van der Waals surface area contributed by atoms with Gasteiger partial charge in [0, 0.05) is 17.6 Å². The number of nitrogens with one attached hydrogen (secondary N) is 2. The summed E-state index contributed by atoms with van der Waals surface area (Å²) in [5.41, 5.74) is -0.356. The molecule has 0 aliphatic heterocycles. The van der Waals surface area contributed by atoms with E-state index in [1.165, 1.54) is 4.90 Å². The molecule has 0 bridgehead atoms. The number of hydrogen-bond acceptors (Lipinski definition) is 5. The third-order valence-electron chi connectivity index (χ3n) is 5.91. The number of carbonyl (C=O) groups excluding carboxylic acids is 3. The lowest BCUT2D eigenvalue weighted by atomic mass is 9.91. The van der Waals surface area contributed by atoms with Crippen molar-refractivity contribution in [2.45, 2.75) is 97.4 Å². The van der Waals surface area contributed by atoms with Crippen molar-refractivity contribution in [2.24, 2.45) is 0 Å². The van der Waals surface area contributed by atoms with Crippen LogP contribution in [-0.2, 0) is 14.3 Å². The summed E-state index contributed by atoms with van der Waals surface area (Å²) in [6.07, 6.45) is 7.99. The topological polar surface area (TPSA) is 108 Å². The van der Waals surface area contributed by atoms with E-state index in [0.29, 0.717) is 24.1 Å². The first-order chi connectivity index (χ1) is 16.8. The monoisotopic (exact) mass is 501 g/mol. The summed E-state index contributed by atoms with van der Waals surface area (Å²) in [6, 6.07) is 4.59. The largest absolute Gasteiger partial charge is 0.444 e. The number of terminal acetylenes is 1. The van der Waals surface area contributed by atoms with Gasteiger partial charge in [0.25, 0.3) is 0 Å². The maximum absolute atomic E-state index is 13.9. The molecule has 0 fully saturated rings. The normalized spacial score (nSPS) is 13.2. The lowest BCUT2D eigenvalue weighted by Gasteiger charge is -2.44. The van der Waals surface area contributed by atoms with Crippen molar-refractivity contribution in [1.29, 1.82) is 0 Å². The molecule has 1 rings (SSSR count). The van der Waals surface area contributed by atoms with Crippen LogP contribution in [-0.4, -0.2) is 58.2 Å². The summed E-state index contributed by atoms with van der Waals surface area (Å²) < 4.78 is 5.28. The van der Waals surface area contributed by atoms with Gasteiger partial charge in [-0.2, -0.15) is 0 Å². The average molecular weight is 502 g/mol. The number of rotatable bonds is 12. The molecular weight excluding hydrogens is 458 g/mol. The molecule has 200 valence electrons. The number of ether oxygens (including phenoxy) is 1. The molecule has 8 nitrogen and oxygen atoms in total. The summed E-state index contributed by atoms with van der Waals surface area (Å²) in [4.78, 5) is 41.3. The minimum atomic E-state index is -1.30. The highest BCUT2D eigenvalue weighted by molar-refractivity contribution is 5.92. The lowest BCUT2D eigenvalue weighted by molar-refractivity contribution is -0.150. The standard InChI is InChI=1S/C28H43N3O5/c1-9-12-13-18-29-24(33)23(21-16-14-20(10-2)15-17-21)31(28(7,8)11-3)25(34)22(19-32)30-26(35)36-27(4,5)6/h2,14-17,22-23,32H,9,11-13,18-19H2,1,3-8H3,(H,29,33)(H,30,35). The van der Waals surface area contributed by atoms with Crippen LogP contribution in [0.1, 0.15) is 91.3 Å². The highest BCUT2D eigenvalue weighted by Gasteiger charge is 2.43. The van der Waals surface area contributed by atoms with Gasteiger partial charge in [0.1, 0.15) is 17.7 Å². The van der Waals surface area contributed by atoms with Crippen molar-refractivity contribution in [2.75, 3.05) is 13.2 Å². The first-order valence-electron chi connectivity index (χ1n) is 12.6. The molecule has 3 amide bonds. The number of alkyl carbamates (subject to hydrolysis) is 1. The Morgan fingerprint density at radius 1 is 1.08 bits per heavy atom. The van der Waals surface area contributed by atoms with E-state index in [4.69, 9.17) is 11.2 Å². The SMILES string of the molecule is C#Cc1ccc(C(C(=O)NCCCCC)N(C(=O)C(CO)NC(=O)OC(C)(C)C)C(C)(C)CC)cc1. The van der Waals surface area contributed by atoms with Crippen molar-refractivity contribution in [1.82, 2.24) is 15.5 Å². The molecule has 0 radical (unpaired) electrons.